The number of thiophene rings is 1. The van der Waals surface area contributed by atoms with Gasteiger partial charge in [0.2, 0.25) is 0 Å². The Labute approximate surface area is 206 Å². The van der Waals surface area contributed by atoms with Gasteiger partial charge in [0.05, 0.1) is 12.2 Å². The number of amides is 2. The van der Waals surface area contributed by atoms with Crippen LogP contribution >= 0.6 is 11.3 Å². The lowest BCUT2D eigenvalue weighted by molar-refractivity contribution is -0.118. The summed E-state index contributed by atoms with van der Waals surface area (Å²) in [5, 5.41) is 5.98. The molecule has 7 nitrogen and oxygen atoms in total. The van der Waals surface area contributed by atoms with E-state index in [0.717, 1.165) is 36.1 Å². The Morgan fingerprint density at radius 2 is 1.69 bits per heavy atom. The minimum absolute atomic E-state index is 0.258. The lowest BCUT2D eigenvalue weighted by atomic mass is 9.95. The van der Waals surface area contributed by atoms with Crippen LogP contribution in [-0.4, -0.2) is 31.0 Å². The molecule has 2 N–H and O–H groups in total. The number of carbonyl (C=O) groups is 3. The summed E-state index contributed by atoms with van der Waals surface area (Å²) in [5.41, 5.74) is 2.29. The number of rotatable bonds is 8. The van der Waals surface area contributed by atoms with Crippen molar-refractivity contribution < 1.29 is 28.2 Å². The molecule has 0 saturated carbocycles. The van der Waals surface area contributed by atoms with Gasteiger partial charge >= 0.3 is 5.97 Å². The quantitative estimate of drug-likeness (QED) is 0.418. The molecular formula is C26H25FN2O5S. The predicted octanol–water partition coefficient (Wildman–Crippen LogP) is 5.21. The molecule has 35 heavy (non-hydrogen) atoms. The van der Waals surface area contributed by atoms with Crippen LogP contribution in [0.5, 0.6) is 5.75 Å². The van der Waals surface area contributed by atoms with Crippen LogP contribution in [0.2, 0.25) is 0 Å². The molecule has 182 valence electrons. The monoisotopic (exact) mass is 496 g/mol. The number of fused-ring (bicyclic) bond motifs is 1. The van der Waals surface area contributed by atoms with E-state index in [9.17, 15) is 18.8 Å². The first kappa shape index (κ1) is 24.4. The van der Waals surface area contributed by atoms with E-state index in [0.29, 0.717) is 27.6 Å². The zero-order valence-corrected chi connectivity index (χ0v) is 20.0. The number of halogens is 1. The van der Waals surface area contributed by atoms with Gasteiger partial charge in [0.25, 0.3) is 11.8 Å². The predicted molar refractivity (Wildman–Crippen MR) is 132 cm³/mol. The molecule has 1 aliphatic rings. The highest BCUT2D eigenvalue weighted by atomic mass is 32.1. The molecule has 1 aliphatic carbocycles. The van der Waals surface area contributed by atoms with Crippen LogP contribution in [0.15, 0.2) is 48.5 Å². The van der Waals surface area contributed by atoms with E-state index in [1.807, 2.05) is 0 Å². The Bertz CT molecular complexity index is 1220. The van der Waals surface area contributed by atoms with Crippen LogP contribution in [0.25, 0.3) is 0 Å². The number of ether oxygens (including phenoxy) is 2. The van der Waals surface area contributed by atoms with Crippen LogP contribution in [0.4, 0.5) is 15.1 Å². The number of anilines is 2. The molecule has 3 aromatic rings. The number of hydrogen-bond acceptors (Lipinski definition) is 6. The summed E-state index contributed by atoms with van der Waals surface area (Å²) in [6.45, 7) is 1.75. The second kappa shape index (κ2) is 11.1. The van der Waals surface area contributed by atoms with Crippen molar-refractivity contribution in [2.24, 2.45) is 0 Å². The zero-order chi connectivity index (χ0) is 24.8. The molecule has 0 aliphatic heterocycles. The van der Waals surface area contributed by atoms with Gasteiger partial charge in [0.1, 0.15) is 16.6 Å². The van der Waals surface area contributed by atoms with Crippen molar-refractivity contribution in [3.05, 3.63) is 75.9 Å². The molecule has 2 amide bonds. The summed E-state index contributed by atoms with van der Waals surface area (Å²) in [6, 6.07) is 11.8. The molecule has 0 saturated heterocycles. The summed E-state index contributed by atoms with van der Waals surface area (Å²) >= 11 is 1.42. The minimum atomic E-state index is -0.419. The highest BCUT2D eigenvalue weighted by molar-refractivity contribution is 7.17. The summed E-state index contributed by atoms with van der Waals surface area (Å²) in [4.78, 5) is 38.6. The molecule has 4 rings (SSSR count). The molecule has 1 aromatic heterocycles. The lowest BCUT2D eigenvalue weighted by Gasteiger charge is -2.12. The smallest absolute Gasteiger partial charge is 0.341 e. The second-order valence-corrected chi connectivity index (χ2v) is 9.06. The second-order valence-electron chi connectivity index (χ2n) is 7.96. The molecule has 9 heteroatoms. The van der Waals surface area contributed by atoms with Crippen LogP contribution in [-0.2, 0) is 22.4 Å². The fourth-order valence-corrected chi connectivity index (χ4v) is 5.12. The molecule has 0 radical (unpaired) electrons. The van der Waals surface area contributed by atoms with E-state index < -0.39 is 11.9 Å². The SMILES string of the molecule is CCOC(=O)c1c(NC(=O)COc2ccc(C(=O)Nc3ccc(F)cc3)cc2)sc2c1CCCC2. The third kappa shape index (κ3) is 6.05. The summed E-state index contributed by atoms with van der Waals surface area (Å²) in [7, 11) is 0. The first-order chi connectivity index (χ1) is 16.9. The van der Waals surface area contributed by atoms with E-state index in [2.05, 4.69) is 10.6 Å². The largest absolute Gasteiger partial charge is 0.484 e. The minimum Gasteiger partial charge on any atom is -0.484 e. The molecule has 0 atom stereocenters. The first-order valence-electron chi connectivity index (χ1n) is 11.4. The maximum atomic E-state index is 13.0. The average Bonchev–Trinajstić information content (AvgIpc) is 3.22. The van der Waals surface area contributed by atoms with E-state index in [1.54, 1.807) is 31.2 Å². The molecule has 0 fully saturated rings. The van der Waals surface area contributed by atoms with Gasteiger partial charge in [-0.15, -0.1) is 11.3 Å². The maximum absolute atomic E-state index is 13.0. The van der Waals surface area contributed by atoms with Crippen LogP contribution in [0.1, 0.15) is 50.9 Å². The van der Waals surface area contributed by atoms with Gasteiger partial charge in [-0.3, -0.25) is 9.59 Å². The Hall–Kier alpha value is -3.72. The van der Waals surface area contributed by atoms with Crippen molar-refractivity contribution in [1.82, 2.24) is 0 Å². The third-order valence-corrected chi connectivity index (χ3v) is 6.70. The summed E-state index contributed by atoms with van der Waals surface area (Å²) in [5.74, 6) is -1.14. The number of aryl methyl sites for hydroxylation is 1. The van der Waals surface area contributed by atoms with Crippen molar-refractivity contribution in [1.29, 1.82) is 0 Å². The topological polar surface area (TPSA) is 93.7 Å². The van der Waals surface area contributed by atoms with Gasteiger partial charge in [0.15, 0.2) is 6.61 Å². The number of benzene rings is 2. The standard InChI is InChI=1S/C26H25FN2O5S/c1-2-33-26(32)23-20-5-3-4-6-21(20)35-25(23)29-22(30)15-34-19-13-7-16(8-14-19)24(31)28-18-11-9-17(27)10-12-18/h7-14H,2-6,15H2,1H3,(H,28,31)(H,29,30). The first-order valence-corrected chi connectivity index (χ1v) is 12.2. The van der Waals surface area contributed by atoms with E-state index >= 15 is 0 Å². The number of hydrogen-bond donors (Lipinski definition) is 2. The zero-order valence-electron chi connectivity index (χ0n) is 19.2. The van der Waals surface area contributed by atoms with Gasteiger partial charge in [-0.25, -0.2) is 9.18 Å². The maximum Gasteiger partial charge on any atom is 0.341 e. The molecule has 0 spiro atoms. The Morgan fingerprint density at radius 3 is 2.40 bits per heavy atom. The Morgan fingerprint density at radius 1 is 0.971 bits per heavy atom. The fourth-order valence-electron chi connectivity index (χ4n) is 3.82. The van der Waals surface area contributed by atoms with Crippen LogP contribution in [0, 0.1) is 5.82 Å². The Kier molecular flexibility index (Phi) is 7.77. The van der Waals surface area contributed by atoms with Crippen molar-refractivity contribution in [2.45, 2.75) is 32.6 Å². The lowest BCUT2D eigenvalue weighted by Crippen LogP contribution is -2.21. The fraction of sp³-hybridized carbons (Fsp3) is 0.269. The van der Waals surface area contributed by atoms with Gasteiger partial charge < -0.3 is 20.1 Å². The van der Waals surface area contributed by atoms with Crippen molar-refractivity contribution in [3.63, 3.8) is 0 Å². The van der Waals surface area contributed by atoms with Crippen molar-refractivity contribution in [3.8, 4) is 5.75 Å². The third-order valence-electron chi connectivity index (χ3n) is 5.49. The molecular weight excluding hydrogens is 471 g/mol. The molecule has 0 unspecified atom stereocenters. The molecule has 1 heterocycles. The van der Waals surface area contributed by atoms with Crippen molar-refractivity contribution >= 4 is 39.8 Å². The number of esters is 1. The van der Waals surface area contributed by atoms with Gasteiger partial charge in [-0.2, -0.15) is 0 Å². The molecule has 0 bridgehead atoms. The van der Waals surface area contributed by atoms with Crippen LogP contribution < -0.4 is 15.4 Å². The number of carbonyl (C=O) groups excluding carboxylic acids is 3. The van der Waals surface area contributed by atoms with Crippen LogP contribution in [0.3, 0.4) is 0 Å². The Balaban J connectivity index is 1.35. The highest BCUT2D eigenvalue weighted by Crippen LogP contribution is 2.38. The average molecular weight is 497 g/mol. The number of nitrogens with one attached hydrogen (secondary N) is 2. The van der Waals surface area contributed by atoms with E-state index in [4.69, 9.17) is 9.47 Å². The van der Waals surface area contributed by atoms with Gasteiger partial charge in [-0.05, 0) is 86.7 Å². The van der Waals surface area contributed by atoms with Crippen molar-refractivity contribution in [2.75, 3.05) is 23.8 Å². The summed E-state index contributed by atoms with van der Waals surface area (Å²) < 4.78 is 23.8. The van der Waals surface area contributed by atoms with Gasteiger partial charge in [-0.1, -0.05) is 0 Å². The highest BCUT2D eigenvalue weighted by Gasteiger charge is 2.27. The summed E-state index contributed by atoms with van der Waals surface area (Å²) in [6.07, 6.45) is 3.75. The van der Waals surface area contributed by atoms with E-state index in [1.165, 1.54) is 35.6 Å². The van der Waals surface area contributed by atoms with E-state index in [-0.39, 0.29) is 24.9 Å². The van der Waals surface area contributed by atoms with Gasteiger partial charge in [0, 0.05) is 16.1 Å². The normalized spacial score (nSPS) is 12.4. The molecule has 2 aromatic carbocycles.